The molecule has 0 aromatic carbocycles. The molecule has 0 unspecified atom stereocenters. The predicted molar refractivity (Wildman–Crippen MR) is 142 cm³/mol. The normalized spacial score (nSPS) is 21.8. The summed E-state index contributed by atoms with van der Waals surface area (Å²) < 4.78 is 2.35. The van der Waals surface area contributed by atoms with Gasteiger partial charge in [-0.25, -0.2) is 0 Å². The highest BCUT2D eigenvalue weighted by Gasteiger charge is 2.38. The van der Waals surface area contributed by atoms with Gasteiger partial charge in [-0.2, -0.15) is 0 Å². The summed E-state index contributed by atoms with van der Waals surface area (Å²) in [7, 11) is 0. The van der Waals surface area contributed by atoms with Gasteiger partial charge in [0.25, 0.3) is 0 Å². The quantitative estimate of drug-likeness (QED) is 0.302. The highest BCUT2D eigenvalue weighted by Crippen LogP contribution is 2.35. The minimum Gasteiger partial charge on any atom is -0.357 e. The monoisotopic (exact) mass is 557 g/mol. The van der Waals surface area contributed by atoms with Crippen LogP contribution >= 0.6 is 24.0 Å². The third-order valence-corrected chi connectivity index (χ3v) is 7.51. The largest absolute Gasteiger partial charge is 0.357 e. The second kappa shape index (κ2) is 13.1. The highest BCUT2D eigenvalue weighted by atomic mass is 127. The SMILES string of the molecule is CCNC(=NCC1(N2CCCCC2)CCCCC1)NCCc1nnc2n1CCCCC2.I. The second-order valence-electron chi connectivity index (χ2n) is 9.70. The molecule has 1 aromatic rings. The van der Waals surface area contributed by atoms with E-state index in [9.17, 15) is 0 Å². The fourth-order valence-electron chi connectivity index (χ4n) is 5.74. The number of guanidine groups is 1. The van der Waals surface area contributed by atoms with Crippen molar-refractivity contribution in [2.45, 2.75) is 102 Å². The standard InChI is InChI=1S/C24H43N7.HI/c1-2-25-23(26-16-13-22-29-28-21-12-6-3-11-19-31(21)22)27-20-24(14-7-4-8-15-24)30-17-9-5-10-18-30;/h2-20H2,1H3,(H2,25,26,27);1H. The number of nitrogens with zero attached hydrogens (tertiary/aromatic N) is 5. The van der Waals surface area contributed by atoms with Crippen LogP contribution in [0.2, 0.25) is 0 Å². The van der Waals surface area contributed by atoms with Gasteiger partial charge in [-0.05, 0) is 58.5 Å². The summed E-state index contributed by atoms with van der Waals surface area (Å²) in [6.07, 6.45) is 16.6. The molecule has 182 valence electrons. The summed E-state index contributed by atoms with van der Waals surface area (Å²) in [5.74, 6) is 3.26. The molecule has 0 radical (unpaired) electrons. The Bertz CT molecular complexity index is 705. The van der Waals surface area contributed by atoms with E-state index in [2.05, 4.69) is 37.2 Å². The Morgan fingerprint density at radius 2 is 1.62 bits per heavy atom. The van der Waals surface area contributed by atoms with Crippen LogP contribution in [0.4, 0.5) is 0 Å². The number of aromatic nitrogens is 3. The first-order valence-corrected chi connectivity index (χ1v) is 13.0. The Hall–Kier alpha value is -0.900. The van der Waals surface area contributed by atoms with Crippen molar-refractivity contribution in [3.63, 3.8) is 0 Å². The molecule has 3 heterocycles. The van der Waals surface area contributed by atoms with E-state index in [-0.39, 0.29) is 29.5 Å². The van der Waals surface area contributed by atoms with Crippen molar-refractivity contribution in [2.75, 3.05) is 32.7 Å². The molecule has 7 nitrogen and oxygen atoms in total. The summed E-state index contributed by atoms with van der Waals surface area (Å²) in [5, 5.41) is 16.0. The van der Waals surface area contributed by atoms with Crippen LogP contribution in [0, 0.1) is 0 Å². The number of halogens is 1. The lowest BCUT2D eigenvalue weighted by Crippen LogP contribution is -2.54. The third kappa shape index (κ3) is 6.58. The fourth-order valence-corrected chi connectivity index (χ4v) is 5.74. The van der Waals surface area contributed by atoms with Gasteiger partial charge in [-0.1, -0.05) is 32.1 Å². The van der Waals surface area contributed by atoms with E-state index in [0.29, 0.717) is 0 Å². The highest BCUT2D eigenvalue weighted by molar-refractivity contribution is 14.0. The number of aliphatic imine (C=N–C) groups is 1. The number of hydrogen-bond acceptors (Lipinski definition) is 4. The average molecular weight is 558 g/mol. The molecule has 0 bridgehead atoms. The smallest absolute Gasteiger partial charge is 0.191 e. The Morgan fingerprint density at radius 1 is 0.906 bits per heavy atom. The van der Waals surface area contributed by atoms with Gasteiger partial charge in [0.05, 0.1) is 6.54 Å². The molecular formula is C24H44IN7. The molecule has 8 heteroatoms. The first-order valence-electron chi connectivity index (χ1n) is 13.0. The molecule has 2 fully saturated rings. The van der Waals surface area contributed by atoms with Crippen molar-refractivity contribution in [3.8, 4) is 0 Å². The van der Waals surface area contributed by atoms with Gasteiger partial charge in [-0.15, -0.1) is 34.2 Å². The average Bonchev–Trinajstić information content (AvgIpc) is 3.04. The topological polar surface area (TPSA) is 70.4 Å². The van der Waals surface area contributed by atoms with Gasteiger partial charge < -0.3 is 15.2 Å². The zero-order chi connectivity index (χ0) is 21.4. The molecule has 3 aliphatic rings. The van der Waals surface area contributed by atoms with Gasteiger partial charge in [0.1, 0.15) is 11.6 Å². The molecule has 1 aliphatic carbocycles. The lowest BCUT2D eigenvalue weighted by molar-refractivity contribution is 0.0407. The van der Waals surface area contributed by atoms with Crippen LogP contribution in [0.5, 0.6) is 0 Å². The zero-order valence-corrected chi connectivity index (χ0v) is 22.4. The fraction of sp³-hybridized carbons (Fsp3) is 0.875. The molecule has 1 saturated heterocycles. The maximum Gasteiger partial charge on any atom is 0.191 e. The first-order chi connectivity index (χ1) is 15.3. The first kappa shape index (κ1) is 25.7. The maximum atomic E-state index is 5.12. The molecule has 0 amide bonds. The molecule has 32 heavy (non-hydrogen) atoms. The van der Waals surface area contributed by atoms with Crippen molar-refractivity contribution in [3.05, 3.63) is 11.6 Å². The van der Waals surface area contributed by atoms with Crippen LogP contribution in [-0.2, 0) is 19.4 Å². The van der Waals surface area contributed by atoms with Crippen molar-refractivity contribution < 1.29 is 0 Å². The number of hydrogen-bond donors (Lipinski definition) is 2. The second-order valence-corrected chi connectivity index (χ2v) is 9.70. The summed E-state index contributed by atoms with van der Waals surface area (Å²) in [6, 6.07) is 0. The number of rotatable bonds is 7. The Kier molecular flexibility index (Phi) is 10.5. The predicted octanol–water partition coefficient (Wildman–Crippen LogP) is 3.91. The van der Waals surface area contributed by atoms with Crippen LogP contribution in [0.25, 0.3) is 0 Å². The zero-order valence-electron chi connectivity index (χ0n) is 20.1. The summed E-state index contributed by atoms with van der Waals surface area (Å²) in [5.41, 5.74) is 0.283. The summed E-state index contributed by atoms with van der Waals surface area (Å²) in [4.78, 5) is 7.90. The van der Waals surface area contributed by atoms with Crippen LogP contribution < -0.4 is 10.6 Å². The van der Waals surface area contributed by atoms with Gasteiger partial charge in [0.2, 0.25) is 0 Å². The number of nitrogens with one attached hydrogen (secondary N) is 2. The third-order valence-electron chi connectivity index (χ3n) is 7.51. The molecule has 4 rings (SSSR count). The molecular weight excluding hydrogens is 513 g/mol. The van der Waals surface area contributed by atoms with Gasteiger partial charge in [-0.3, -0.25) is 9.89 Å². The van der Waals surface area contributed by atoms with Crippen molar-refractivity contribution in [1.29, 1.82) is 0 Å². The van der Waals surface area contributed by atoms with Gasteiger partial charge in [0, 0.05) is 38.0 Å². The van der Waals surface area contributed by atoms with E-state index in [0.717, 1.165) is 50.8 Å². The molecule has 1 aromatic heterocycles. The van der Waals surface area contributed by atoms with Gasteiger partial charge >= 0.3 is 0 Å². The number of fused-ring (bicyclic) bond motifs is 1. The Morgan fingerprint density at radius 3 is 2.41 bits per heavy atom. The lowest BCUT2D eigenvalue weighted by atomic mass is 9.79. The molecule has 0 atom stereocenters. The number of likely N-dealkylation sites (tertiary alicyclic amines) is 1. The summed E-state index contributed by atoms with van der Waals surface area (Å²) >= 11 is 0. The van der Waals surface area contributed by atoms with E-state index < -0.39 is 0 Å². The van der Waals surface area contributed by atoms with Gasteiger partial charge in [0.15, 0.2) is 5.96 Å². The molecule has 2 N–H and O–H groups in total. The Labute approximate surface area is 211 Å². The van der Waals surface area contributed by atoms with E-state index >= 15 is 0 Å². The van der Waals surface area contributed by atoms with E-state index in [1.165, 1.54) is 89.5 Å². The molecule has 1 saturated carbocycles. The molecule has 0 spiro atoms. The van der Waals surface area contributed by atoms with Crippen molar-refractivity contribution in [1.82, 2.24) is 30.3 Å². The van der Waals surface area contributed by atoms with Crippen LogP contribution in [0.1, 0.15) is 89.2 Å². The molecule has 2 aliphatic heterocycles. The lowest BCUT2D eigenvalue weighted by Gasteiger charge is -2.47. The van der Waals surface area contributed by atoms with Crippen LogP contribution in [-0.4, -0.2) is 63.9 Å². The van der Waals surface area contributed by atoms with Crippen molar-refractivity contribution >= 4 is 29.9 Å². The van der Waals surface area contributed by atoms with E-state index in [1.54, 1.807) is 0 Å². The van der Waals surface area contributed by atoms with Crippen molar-refractivity contribution in [2.24, 2.45) is 4.99 Å². The maximum absolute atomic E-state index is 5.12. The number of aryl methyl sites for hydroxylation is 1. The van der Waals surface area contributed by atoms with Crippen LogP contribution in [0.15, 0.2) is 4.99 Å². The van der Waals surface area contributed by atoms with E-state index in [1.807, 2.05) is 0 Å². The Balaban J connectivity index is 0.00000289. The summed E-state index contributed by atoms with van der Waals surface area (Å²) in [6.45, 7) is 8.40. The van der Waals surface area contributed by atoms with Crippen LogP contribution in [0.3, 0.4) is 0 Å². The minimum atomic E-state index is 0. The minimum absolute atomic E-state index is 0. The number of piperidine rings is 1. The van der Waals surface area contributed by atoms with E-state index in [4.69, 9.17) is 4.99 Å².